The van der Waals surface area contributed by atoms with Gasteiger partial charge in [-0.2, -0.15) is 0 Å². The molecular weight excluding hydrogens is 404 g/mol. The molecule has 0 saturated carbocycles. The standard InChI is InChI=1S/C24H28N6O2/c1-16(31)17-8-10-19(11-9-17)27-24(32)18-6-5-12-29(14-18)22-21-23(26-15-25-22)30-13-4-2-3-7-20(30)28-21/h8-11,15,18H,2-7,12-14H2,1H3,(H,27,32)/t18-/m1/s1. The van der Waals surface area contributed by atoms with Crippen molar-refractivity contribution in [3.63, 3.8) is 0 Å². The highest BCUT2D eigenvalue weighted by atomic mass is 16.2. The number of anilines is 2. The number of fused-ring (bicyclic) bond motifs is 3. The molecular formula is C24H28N6O2. The van der Waals surface area contributed by atoms with Gasteiger partial charge in [-0.15, -0.1) is 0 Å². The Labute approximate surface area is 187 Å². The van der Waals surface area contributed by atoms with Gasteiger partial charge in [-0.1, -0.05) is 6.42 Å². The third-order valence-electron chi connectivity index (χ3n) is 6.52. The van der Waals surface area contributed by atoms with E-state index in [2.05, 4.69) is 24.8 Å². The van der Waals surface area contributed by atoms with Gasteiger partial charge in [0.05, 0.1) is 5.92 Å². The number of amides is 1. The summed E-state index contributed by atoms with van der Waals surface area (Å²) in [5, 5.41) is 3.00. The van der Waals surface area contributed by atoms with Crippen molar-refractivity contribution in [2.45, 2.75) is 52.0 Å². The van der Waals surface area contributed by atoms with Crippen LogP contribution in [0.4, 0.5) is 11.5 Å². The number of carbonyl (C=O) groups is 2. The van der Waals surface area contributed by atoms with E-state index in [1.165, 1.54) is 13.3 Å². The van der Waals surface area contributed by atoms with E-state index in [4.69, 9.17) is 4.98 Å². The van der Waals surface area contributed by atoms with Crippen LogP contribution in [0.1, 0.15) is 55.2 Å². The lowest BCUT2D eigenvalue weighted by molar-refractivity contribution is -0.120. The van der Waals surface area contributed by atoms with E-state index in [0.717, 1.165) is 68.0 Å². The molecule has 5 rings (SSSR count). The van der Waals surface area contributed by atoms with Gasteiger partial charge in [-0.3, -0.25) is 9.59 Å². The van der Waals surface area contributed by atoms with Crippen molar-refractivity contribution in [2.24, 2.45) is 5.92 Å². The molecule has 2 aliphatic rings. The maximum atomic E-state index is 13.0. The molecule has 8 nitrogen and oxygen atoms in total. The quantitative estimate of drug-likeness (QED) is 0.633. The van der Waals surface area contributed by atoms with Gasteiger partial charge < -0.3 is 14.8 Å². The average Bonchev–Trinajstić information content (AvgIpc) is 3.00. The molecule has 2 aliphatic heterocycles. The molecule has 0 aliphatic carbocycles. The van der Waals surface area contributed by atoms with E-state index in [0.29, 0.717) is 17.8 Å². The van der Waals surface area contributed by atoms with Crippen LogP contribution in [0.25, 0.3) is 11.2 Å². The Hall–Kier alpha value is -3.29. The third-order valence-corrected chi connectivity index (χ3v) is 6.52. The van der Waals surface area contributed by atoms with Gasteiger partial charge in [-0.25, -0.2) is 15.0 Å². The van der Waals surface area contributed by atoms with Gasteiger partial charge in [0, 0.05) is 37.3 Å². The summed E-state index contributed by atoms with van der Waals surface area (Å²) in [5.41, 5.74) is 3.10. The molecule has 2 aromatic heterocycles. The number of benzene rings is 1. The Morgan fingerprint density at radius 2 is 1.88 bits per heavy atom. The van der Waals surface area contributed by atoms with E-state index in [1.54, 1.807) is 30.6 Å². The van der Waals surface area contributed by atoms with Gasteiger partial charge >= 0.3 is 0 Å². The lowest BCUT2D eigenvalue weighted by Crippen LogP contribution is -2.41. The van der Waals surface area contributed by atoms with Crippen molar-refractivity contribution in [2.75, 3.05) is 23.3 Å². The largest absolute Gasteiger partial charge is 0.354 e. The molecule has 0 spiro atoms. The van der Waals surface area contributed by atoms with Crippen LogP contribution in [0.5, 0.6) is 0 Å². The highest BCUT2D eigenvalue weighted by Gasteiger charge is 2.29. The molecule has 1 atom stereocenters. The van der Waals surface area contributed by atoms with Crippen LogP contribution in [0.15, 0.2) is 30.6 Å². The van der Waals surface area contributed by atoms with E-state index in [9.17, 15) is 9.59 Å². The van der Waals surface area contributed by atoms with E-state index in [-0.39, 0.29) is 17.6 Å². The molecule has 0 radical (unpaired) electrons. The number of Topliss-reactive ketones (excluding diaryl/α,β-unsaturated/α-hetero) is 1. The van der Waals surface area contributed by atoms with Crippen LogP contribution in [-0.4, -0.2) is 44.3 Å². The first-order chi connectivity index (χ1) is 15.6. The summed E-state index contributed by atoms with van der Waals surface area (Å²) in [6.45, 7) is 3.94. The minimum Gasteiger partial charge on any atom is -0.354 e. The summed E-state index contributed by atoms with van der Waals surface area (Å²) in [6.07, 6.45) is 7.88. The minimum atomic E-state index is -0.137. The summed E-state index contributed by atoms with van der Waals surface area (Å²) in [4.78, 5) is 40.6. The second kappa shape index (κ2) is 8.68. The SMILES string of the molecule is CC(=O)c1ccc(NC(=O)[C@@H]2CCCN(c3ncnc4c3nc3n4CCCCC3)C2)cc1. The van der Waals surface area contributed by atoms with Crippen molar-refractivity contribution in [1.82, 2.24) is 19.5 Å². The van der Waals surface area contributed by atoms with Gasteiger partial charge in [0.15, 0.2) is 22.8 Å². The molecule has 1 amide bonds. The van der Waals surface area contributed by atoms with Crippen molar-refractivity contribution >= 4 is 34.4 Å². The molecule has 3 aromatic rings. The number of aryl methyl sites for hydroxylation is 2. The number of aromatic nitrogens is 4. The van der Waals surface area contributed by atoms with E-state index < -0.39 is 0 Å². The first-order valence-electron chi connectivity index (χ1n) is 11.5. The van der Waals surface area contributed by atoms with Crippen LogP contribution in [0.3, 0.4) is 0 Å². The Balaban J connectivity index is 1.34. The van der Waals surface area contributed by atoms with E-state index >= 15 is 0 Å². The third kappa shape index (κ3) is 3.97. The Kier molecular flexibility index (Phi) is 5.59. The number of hydrogen-bond acceptors (Lipinski definition) is 6. The number of piperidine rings is 1. The van der Waals surface area contributed by atoms with Crippen molar-refractivity contribution in [3.05, 3.63) is 42.0 Å². The fourth-order valence-corrected chi connectivity index (χ4v) is 4.77. The van der Waals surface area contributed by atoms with Crippen molar-refractivity contribution in [1.29, 1.82) is 0 Å². The van der Waals surface area contributed by atoms with Crippen LogP contribution in [0.2, 0.25) is 0 Å². The molecule has 1 fully saturated rings. The predicted octanol–water partition coefficient (Wildman–Crippen LogP) is 3.61. The number of imidazole rings is 1. The number of carbonyl (C=O) groups excluding carboxylic acids is 2. The molecule has 1 N–H and O–H groups in total. The lowest BCUT2D eigenvalue weighted by atomic mass is 9.97. The zero-order valence-corrected chi connectivity index (χ0v) is 18.4. The molecule has 32 heavy (non-hydrogen) atoms. The lowest BCUT2D eigenvalue weighted by Gasteiger charge is -2.32. The topological polar surface area (TPSA) is 93.0 Å². The smallest absolute Gasteiger partial charge is 0.229 e. The molecule has 1 saturated heterocycles. The highest BCUT2D eigenvalue weighted by Crippen LogP contribution is 2.29. The highest BCUT2D eigenvalue weighted by molar-refractivity contribution is 5.96. The second-order valence-electron chi connectivity index (χ2n) is 8.77. The average molecular weight is 433 g/mol. The number of nitrogens with zero attached hydrogens (tertiary/aromatic N) is 5. The predicted molar refractivity (Wildman–Crippen MR) is 123 cm³/mol. The Bertz CT molecular complexity index is 1150. The monoisotopic (exact) mass is 432 g/mol. The molecule has 0 bridgehead atoms. The van der Waals surface area contributed by atoms with Gasteiger partial charge in [0.1, 0.15) is 12.2 Å². The van der Waals surface area contributed by atoms with Gasteiger partial charge in [-0.05, 0) is 56.9 Å². The normalized spacial score (nSPS) is 18.8. The zero-order valence-electron chi connectivity index (χ0n) is 18.4. The molecule has 0 unspecified atom stereocenters. The van der Waals surface area contributed by atoms with Crippen molar-refractivity contribution in [3.8, 4) is 0 Å². The van der Waals surface area contributed by atoms with Crippen molar-refractivity contribution < 1.29 is 9.59 Å². The van der Waals surface area contributed by atoms with Crippen LogP contribution in [0, 0.1) is 5.92 Å². The fraction of sp³-hybridized carbons (Fsp3) is 0.458. The minimum absolute atomic E-state index is 0.00352. The maximum absolute atomic E-state index is 13.0. The van der Waals surface area contributed by atoms with Gasteiger partial charge in [0.25, 0.3) is 0 Å². The molecule has 166 valence electrons. The van der Waals surface area contributed by atoms with Crippen LogP contribution in [-0.2, 0) is 17.8 Å². The van der Waals surface area contributed by atoms with Gasteiger partial charge in [0.2, 0.25) is 5.91 Å². The summed E-state index contributed by atoms with van der Waals surface area (Å²) in [7, 11) is 0. The second-order valence-corrected chi connectivity index (χ2v) is 8.77. The van der Waals surface area contributed by atoms with E-state index in [1.807, 2.05) is 0 Å². The maximum Gasteiger partial charge on any atom is 0.229 e. The number of nitrogens with one attached hydrogen (secondary N) is 1. The summed E-state index contributed by atoms with van der Waals surface area (Å²) >= 11 is 0. The first kappa shape index (κ1) is 20.6. The summed E-state index contributed by atoms with van der Waals surface area (Å²) in [5.74, 6) is 1.80. The number of hydrogen-bond donors (Lipinski definition) is 1. The number of rotatable bonds is 4. The number of ketones is 1. The molecule has 4 heterocycles. The first-order valence-corrected chi connectivity index (χ1v) is 11.5. The molecule has 8 heteroatoms. The Morgan fingerprint density at radius 1 is 1.03 bits per heavy atom. The fourth-order valence-electron chi connectivity index (χ4n) is 4.77. The summed E-state index contributed by atoms with van der Waals surface area (Å²) in [6, 6.07) is 7.04. The van der Waals surface area contributed by atoms with Crippen LogP contribution < -0.4 is 10.2 Å². The van der Waals surface area contributed by atoms with Crippen LogP contribution >= 0.6 is 0 Å². The molecule has 1 aromatic carbocycles. The Morgan fingerprint density at radius 3 is 2.69 bits per heavy atom. The summed E-state index contributed by atoms with van der Waals surface area (Å²) < 4.78 is 2.24. The zero-order chi connectivity index (χ0) is 22.1.